The van der Waals surface area contributed by atoms with E-state index in [9.17, 15) is 9.59 Å². The molecule has 2 amide bonds. The van der Waals surface area contributed by atoms with Gasteiger partial charge in [0.25, 0.3) is 5.91 Å². The number of ether oxygens (including phenoxy) is 1. The summed E-state index contributed by atoms with van der Waals surface area (Å²) in [7, 11) is -1.15. The first-order chi connectivity index (χ1) is 21.2. The molecule has 0 bridgehead atoms. The molecule has 3 aromatic carbocycles. The van der Waals surface area contributed by atoms with E-state index in [4.69, 9.17) is 9.72 Å². The highest BCUT2D eigenvalue weighted by molar-refractivity contribution is 6.76. The third kappa shape index (κ3) is 8.62. The number of aromatic nitrogens is 4. The van der Waals surface area contributed by atoms with Crippen LogP contribution in [-0.2, 0) is 22.7 Å². The Labute approximate surface area is 258 Å². The van der Waals surface area contributed by atoms with E-state index in [-0.39, 0.29) is 18.2 Å². The van der Waals surface area contributed by atoms with Gasteiger partial charge in [-0.05, 0) is 48.0 Å². The maximum atomic E-state index is 13.5. The maximum Gasteiger partial charge on any atom is 0.258 e. The van der Waals surface area contributed by atoms with Crippen molar-refractivity contribution in [2.24, 2.45) is 0 Å². The monoisotopic (exact) mass is 606 g/mol. The van der Waals surface area contributed by atoms with Gasteiger partial charge in [0.1, 0.15) is 6.73 Å². The molecular weight excluding hydrogens is 568 g/mol. The highest BCUT2D eigenvalue weighted by atomic mass is 28.3. The van der Waals surface area contributed by atoms with Crippen molar-refractivity contribution in [1.82, 2.24) is 19.3 Å². The molecule has 226 valence electrons. The van der Waals surface area contributed by atoms with Crippen molar-refractivity contribution >= 4 is 31.5 Å². The normalized spacial score (nSPS) is 11.3. The van der Waals surface area contributed by atoms with Gasteiger partial charge in [-0.25, -0.2) is 9.67 Å². The number of nitrogens with one attached hydrogen (secondary N) is 2. The van der Waals surface area contributed by atoms with E-state index >= 15 is 0 Å². The number of aryl methyl sites for hydroxylation is 1. The molecule has 0 saturated carbocycles. The molecule has 0 fully saturated rings. The Kier molecular flexibility index (Phi) is 9.83. The average Bonchev–Trinajstić information content (AvgIpc) is 3.66. The second kappa shape index (κ2) is 14.1. The third-order valence-electron chi connectivity index (χ3n) is 6.99. The molecule has 0 radical (unpaired) electrons. The summed E-state index contributed by atoms with van der Waals surface area (Å²) in [5.74, 6) is -0.00672. The molecule has 5 rings (SSSR count). The van der Waals surface area contributed by atoms with Crippen molar-refractivity contribution in [3.63, 3.8) is 0 Å². The number of rotatable bonds is 13. The quantitative estimate of drug-likeness (QED) is 0.112. The van der Waals surface area contributed by atoms with Gasteiger partial charge in [0, 0.05) is 62.4 Å². The highest BCUT2D eigenvalue weighted by Crippen LogP contribution is 2.22. The number of benzene rings is 3. The fourth-order valence-electron chi connectivity index (χ4n) is 4.54. The average molecular weight is 607 g/mol. The smallest absolute Gasteiger partial charge is 0.258 e. The minimum absolute atomic E-state index is 0.102. The molecule has 0 aliphatic heterocycles. The molecule has 9 nitrogen and oxygen atoms in total. The highest BCUT2D eigenvalue weighted by Gasteiger charge is 2.16. The van der Waals surface area contributed by atoms with Crippen LogP contribution in [0.4, 0.5) is 11.6 Å². The molecule has 0 atom stereocenters. The van der Waals surface area contributed by atoms with Gasteiger partial charge in [-0.1, -0.05) is 68.2 Å². The van der Waals surface area contributed by atoms with Crippen LogP contribution in [0.1, 0.15) is 22.5 Å². The molecular formula is C34H38N6O3Si. The molecule has 0 saturated heterocycles. The molecule has 2 heterocycles. The first-order valence-electron chi connectivity index (χ1n) is 14.7. The van der Waals surface area contributed by atoms with Gasteiger partial charge in [0.2, 0.25) is 11.9 Å². The van der Waals surface area contributed by atoms with Crippen LogP contribution < -0.4 is 10.6 Å². The molecule has 2 N–H and O–H groups in total. The number of imidazole rings is 1. The van der Waals surface area contributed by atoms with Crippen LogP contribution in [0, 0.1) is 0 Å². The molecule has 0 spiro atoms. The number of amides is 2. The largest absolute Gasteiger partial charge is 0.360 e. The summed E-state index contributed by atoms with van der Waals surface area (Å²) in [6, 6.07) is 27.5. The van der Waals surface area contributed by atoms with Crippen molar-refractivity contribution in [2.45, 2.75) is 45.3 Å². The number of nitrogens with zero attached hydrogens (tertiary/aromatic N) is 4. The SMILES string of the molecule is C[Si](C)(C)CCOCn1cc(-c2cccc(C(=O)Nc3nc(CCC(=O)Nc4ccccc4)cn3-c3ccccc3)c2)cn1. The van der Waals surface area contributed by atoms with E-state index < -0.39 is 8.07 Å². The summed E-state index contributed by atoms with van der Waals surface area (Å²) in [5, 5.41) is 10.3. The fourth-order valence-corrected chi connectivity index (χ4v) is 5.30. The van der Waals surface area contributed by atoms with Gasteiger partial charge >= 0.3 is 0 Å². The summed E-state index contributed by atoms with van der Waals surface area (Å²) in [4.78, 5) is 30.7. The van der Waals surface area contributed by atoms with Crippen LogP contribution >= 0.6 is 0 Å². The second-order valence-electron chi connectivity index (χ2n) is 11.8. The predicted octanol–water partition coefficient (Wildman–Crippen LogP) is 6.87. The minimum atomic E-state index is -1.15. The van der Waals surface area contributed by atoms with Gasteiger partial charge in [0.05, 0.1) is 11.9 Å². The molecule has 0 aliphatic rings. The van der Waals surface area contributed by atoms with E-state index in [2.05, 4.69) is 35.4 Å². The van der Waals surface area contributed by atoms with E-state index in [1.54, 1.807) is 16.9 Å². The Balaban J connectivity index is 1.27. The maximum absolute atomic E-state index is 13.5. The lowest BCUT2D eigenvalue weighted by molar-refractivity contribution is -0.116. The summed E-state index contributed by atoms with van der Waals surface area (Å²) >= 11 is 0. The van der Waals surface area contributed by atoms with Crippen LogP contribution in [0.3, 0.4) is 0 Å². The fraction of sp³-hybridized carbons (Fsp3) is 0.235. The number of carbonyl (C=O) groups is 2. The Morgan fingerprint density at radius 2 is 1.61 bits per heavy atom. The zero-order chi connectivity index (χ0) is 30.9. The standard InChI is InChI=1S/C34H38N6O3Si/c1-44(2,3)20-19-43-25-39-23-28(22-35-39)26-11-10-12-27(21-26)33(42)38-34-37-30(24-40(34)31-15-8-5-9-16-31)17-18-32(41)36-29-13-6-4-7-14-29/h4-16,21-24H,17-20,25H2,1-3H3,(H,36,41)(H,37,38,42). The lowest BCUT2D eigenvalue weighted by Crippen LogP contribution is -2.22. The van der Waals surface area contributed by atoms with Crippen LogP contribution in [0.5, 0.6) is 0 Å². The molecule has 5 aromatic rings. The topological polar surface area (TPSA) is 103 Å². The van der Waals surface area contributed by atoms with E-state index in [1.807, 2.05) is 95.8 Å². The second-order valence-corrected chi connectivity index (χ2v) is 17.4. The van der Waals surface area contributed by atoms with E-state index in [0.29, 0.717) is 30.4 Å². The number of carbonyl (C=O) groups excluding carboxylic acids is 2. The molecule has 44 heavy (non-hydrogen) atoms. The van der Waals surface area contributed by atoms with Crippen molar-refractivity contribution in [2.75, 3.05) is 17.2 Å². The lowest BCUT2D eigenvalue weighted by Gasteiger charge is -2.15. The molecule has 2 aromatic heterocycles. The van der Waals surface area contributed by atoms with E-state index in [0.717, 1.165) is 35.2 Å². The number of anilines is 2. The summed E-state index contributed by atoms with van der Waals surface area (Å²) in [5.41, 5.74) is 4.57. The number of para-hydroxylation sites is 2. The van der Waals surface area contributed by atoms with Crippen molar-refractivity contribution in [3.05, 3.63) is 115 Å². The van der Waals surface area contributed by atoms with Gasteiger partial charge in [-0.15, -0.1) is 0 Å². The van der Waals surface area contributed by atoms with E-state index in [1.165, 1.54) is 0 Å². The first-order valence-corrected chi connectivity index (χ1v) is 18.4. The first kappa shape index (κ1) is 30.6. The Morgan fingerprint density at radius 1 is 0.864 bits per heavy atom. The van der Waals surface area contributed by atoms with Crippen LogP contribution in [-0.4, -0.2) is 45.8 Å². The van der Waals surface area contributed by atoms with Gasteiger partial charge < -0.3 is 10.1 Å². The van der Waals surface area contributed by atoms with Gasteiger partial charge in [0.15, 0.2) is 0 Å². The lowest BCUT2D eigenvalue weighted by atomic mass is 10.1. The molecule has 0 aliphatic carbocycles. The Hall–Kier alpha value is -4.80. The molecule has 10 heteroatoms. The van der Waals surface area contributed by atoms with Crippen LogP contribution in [0.15, 0.2) is 104 Å². The number of hydrogen-bond acceptors (Lipinski definition) is 5. The summed E-state index contributed by atoms with van der Waals surface area (Å²) in [6.07, 6.45) is 6.24. The Morgan fingerprint density at radius 3 is 2.36 bits per heavy atom. The number of hydrogen-bond donors (Lipinski definition) is 2. The van der Waals surface area contributed by atoms with Crippen molar-refractivity contribution < 1.29 is 14.3 Å². The van der Waals surface area contributed by atoms with Gasteiger partial charge in [-0.3, -0.25) is 19.5 Å². The van der Waals surface area contributed by atoms with Crippen molar-refractivity contribution in [3.8, 4) is 16.8 Å². The third-order valence-corrected chi connectivity index (χ3v) is 8.70. The zero-order valence-electron chi connectivity index (χ0n) is 25.4. The van der Waals surface area contributed by atoms with Gasteiger partial charge in [-0.2, -0.15) is 5.10 Å². The Bertz CT molecular complexity index is 1690. The van der Waals surface area contributed by atoms with Crippen LogP contribution in [0.2, 0.25) is 25.7 Å². The van der Waals surface area contributed by atoms with Crippen molar-refractivity contribution in [1.29, 1.82) is 0 Å². The minimum Gasteiger partial charge on any atom is -0.360 e. The summed E-state index contributed by atoms with van der Waals surface area (Å²) < 4.78 is 9.42. The zero-order valence-corrected chi connectivity index (χ0v) is 26.4. The summed E-state index contributed by atoms with van der Waals surface area (Å²) in [6.45, 7) is 8.10. The van der Waals surface area contributed by atoms with Crippen LogP contribution in [0.25, 0.3) is 16.8 Å². The predicted molar refractivity (Wildman–Crippen MR) is 177 cm³/mol. The molecule has 0 unspecified atom stereocenters.